The molecule has 1 heterocycles. The standard InChI is InChI=1S/C11H10BrClN2/c1-2-9-10(15-11(12)14-9)7-5-3-4-6-8(7)13/h3-6H,2H2,1H3,(H,14,15). The normalized spacial score (nSPS) is 10.6. The first-order valence-corrected chi connectivity index (χ1v) is 5.88. The summed E-state index contributed by atoms with van der Waals surface area (Å²) in [4.78, 5) is 7.56. The molecule has 0 bridgehead atoms. The minimum atomic E-state index is 0.728. The number of aromatic nitrogens is 2. The smallest absolute Gasteiger partial charge is 0.175 e. The van der Waals surface area contributed by atoms with Crippen molar-refractivity contribution in [3.63, 3.8) is 0 Å². The number of benzene rings is 1. The molecule has 0 amide bonds. The topological polar surface area (TPSA) is 28.7 Å². The van der Waals surface area contributed by atoms with Gasteiger partial charge in [0.2, 0.25) is 0 Å². The Hall–Kier alpha value is -0.800. The zero-order valence-electron chi connectivity index (χ0n) is 8.22. The summed E-state index contributed by atoms with van der Waals surface area (Å²) in [6.07, 6.45) is 0.902. The zero-order chi connectivity index (χ0) is 10.8. The van der Waals surface area contributed by atoms with E-state index in [-0.39, 0.29) is 0 Å². The number of rotatable bonds is 2. The average molecular weight is 286 g/mol. The molecule has 1 N–H and O–H groups in total. The van der Waals surface area contributed by atoms with Gasteiger partial charge in [-0.15, -0.1) is 0 Å². The van der Waals surface area contributed by atoms with Crippen LogP contribution in [-0.2, 0) is 6.42 Å². The van der Waals surface area contributed by atoms with Gasteiger partial charge >= 0.3 is 0 Å². The molecule has 4 heteroatoms. The van der Waals surface area contributed by atoms with Gasteiger partial charge in [-0.1, -0.05) is 36.7 Å². The van der Waals surface area contributed by atoms with Gasteiger partial charge < -0.3 is 4.98 Å². The summed E-state index contributed by atoms with van der Waals surface area (Å²) in [5, 5.41) is 0.728. The van der Waals surface area contributed by atoms with E-state index in [9.17, 15) is 0 Å². The molecule has 0 spiro atoms. The lowest BCUT2D eigenvalue weighted by molar-refractivity contribution is 1.06. The molecule has 0 fully saturated rings. The fourth-order valence-electron chi connectivity index (χ4n) is 1.51. The van der Waals surface area contributed by atoms with Crippen molar-refractivity contribution in [2.24, 2.45) is 0 Å². The summed E-state index contributed by atoms with van der Waals surface area (Å²) in [6, 6.07) is 7.73. The van der Waals surface area contributed by atoms with Gasteiger partial charge in [0.15, 0.2) is 4.73 Å². The Morgan fingerprint density at radius 2 is 2.13 bits per heavy atom. The van der Waals surface area contributed by atoms with Crippen LogP contribution in [-0.4, -0.2) is 9.97 Å². The second kappa shape index (κ2) is 4.37. The Morgan fingerprint density at radius 3 is 2.80 bits per heavy atom. The monoisotopic (exact) mass is 284 g/mol. The summed E-state index contributed by atoms with van der Waals surface area (Å²) < 4.78 is 0.745. The maximum absolute atomic E-state index is 6.13. The number of nitrogens with zero attached hydrogens (tertiary/aromatic N) is 1. The van der Waals surface area contributed by atoms with Gasteiger partial charge in [0, 0.05) is 11.3 Å². The number of aromatic amines is 1. The lowest BCUT2D eigenvalue weighted by Crippen LogP contribution is -1.86. The van der Waals surface area contributed by atoms with Gasteiger partial charge in [0.1, 0.15) is 0 Å². The highest BCUT2D eigenvalue weighted by molar-refractivity contribution is 9.10. The van der Waals surface area contributed by atoms with Crippen LogP contribution in [0.15, 0.2) is 29.0 Å². The van der Waals surface area contributed by atoms with Crippen molar-refractivity contribution in [3.05, 3.63) is 39.7 Å². The summed E-state index contributed by atoms with van der Waals surface area (Å²) in [5.41, 5.74) is 2.99. The van der Waals surface area contributed by atoms with E-state index in [1.165, 1.54) is 0 Å². The molecule has 2 nitrogen and oxygen atoms in total. The molecule has 1 aromatic carbocycles. The Labute approximate surface area is 102 Å². The Morgan fingerprint density at radius 1 is 1.40 bits per heavy atom. The van der Waals surface area contributed by atoms with E-state index in [1.807, 2.05) is 24.3 Å². The van der Waals surface area contributed by atoms with E-state index in [4.69, 9.17) is 11.6 Å². The minimum Gasteiger partial charge on any atom is -0.336 e. The van der Waals surface area contributed by atoms with E-state index in [1.54, 1.807) is 0 Å². The number of halogens is 2. The van der Waals surface area contributed by atoms with E-state index in [2.05, 4.69) is 32.8 Å². The van der Waals surface area contributed by atoms with Crippen LogP contribution >= 0.6 is 27.5 Å². The molecule has 2 aromatic rings. The highest BCUT2D eigenvalue weighted by atomic mass is 79.9. The molecule has 0 aliphatic rings. The molecular weight excluding hydrogens is 275 g/mol. The lowest BCUT2D eigenvalue weighted by atomic mass is 10.1. The molecule has 0 unspecified atom stereocenters. The lowest BCUT2D eigenvalue weighted by Gasteiger charge is -2.02. The third kappa shape index (κ3) is 2.08. The van der Waals surface area contributed by atoms with E-state index in [0.29, 0.717) is 0 Å². The van der Waals surface area contributed by atoms with Crippen LogP contribution in [0.25, 0.3) is 11.3 Å². The van der Waals surface area contributed by atoms with Crippen LogP contribution in [0.2, 0.25) is 5.02 Å². The van der Waals surface area contributed by atoms with Crippen molar-refractivity contribution in [1.29, 1.82) is 0 Å². The van der Waals surface area contributed by atoms with Crippen LogP contribution in [0.1, 0.15) is 12.6 Å². The van der Waals surface area contributed by atoms with Crippen molar-refractivity contribution >= 4 is 27.5 Å². The number of hydrogen-bond acceptors (Lipinski definition) is 1. The zero-order valence-corrected chi connectivity index (χ0v) is 10.6. The molecule has 0 aliphatic carbocycles. The Bertz CT molecular complexity index is 479. The van der Waals surface area contributed by atoms with Gasteiger partial charge in [-0.25, -0.2) is 4.98 Å². The third-order valence-electron chi connectivity index (χ3n) is 2.23. The van der Waals surface area contributed by atoms with Crippen molar-refractivity contribution in [1.82, 2.24) is 9.97 Å². The van der Waals surface area contributed by atoms with Gasteiger partial charge in [-0.3, -0.25) is 0 Å². The third-order valence-corrected chi connectivity index (χ3v) is 2.94. The Kier molecular flexibility index (Phi) is 3.12. The second-order valence-corrected chi connectivity index (χ2v) is 4.35. The fraction of sp³-hybridized carbons (Fsp3) is 0.182. The van der Waals surface area contributed by atoms with Gasteiger partial charge in [0.25, 0.3) is 0 Å². The first kappa shape index (κ1) is 10.7. The van der Waals surface area contributed by atoms with E-state index >= 15 is 0 Å². The van der Waals surface area contributed by atoms with Gasteiger partial charge in [-0.05, 0) is 28.4 Å². The van der Waals surface area contributed by atoms with E-state index in [0.717, 1.165) is 33.1 Å². The quantitative estimate of drug-likeness (QED) is 0.886. The summed E-state index contributed by atoms with van der Waals surface area (Å²) in [5.74, 6) is 0. The highest BCUT2D eigenvalue weighted by Crippen LogP contribution is 2.29. The summed E-state index contributed by atoms with van der Waals surface area (Å²) in [6.45, 7) is 2.08. The minimum absolute atomic E-state index is 0.728. The molecule has 0 saturated heterocycles. The molecular formula is C11H10BrClN2. The number of nitrogens with one attached hydrogen (secondary N) is 1. The molecule has 0 saturated carbocycles. The maximum atomic E-state index is 6.13. The molecule has 15 heavy (non-hydrogen) atoms. The van der Waals surface area contributed by atoms with Crippen molar-refractivity contribution in [3.8, 4) is 11.3 Å². The predicted octanol–water partition coefficient (Wildman–Crippen LogP) is 4.06. The number of hydrogen-bond donors (Lipinski definition) is 1. The molecule has 78 valence electrons. The van der Waals surface area contributed by atoms with Crippen LogP contribution in [0, 0.1) is 0 Å². The largest absolute Gasteiger partial charge is 0.336 e. The second-order valence-electron chi connectivity index (χ2n) is 3.19. The van der Waals surface area contributed by atoms with E-state index < -0.39 is 0 Å². The van der Waals surface area contributed by atoms with Crippen LogP contribution in [0.4, 0.5) is 0 Å². The number of imidazole rings is 1. The Balaban J connectivity index is 2.58. The predicted molar refractivity (Wildman–Crippen MR) is 66.1 cm³/mol. The van der Waals surface area contributed by atoms with Crippen molar-refractivity contribution < 1.29 is 0 Å². The maximum Gasteiger partial charge on any atom is 0.175 e. The number of H-pyrrole nitrogens is 1. The number of aryl methyl sites for hydroxylation is 1. The fourth-order valence-corrected chi connectivity index (χ4v) is 2.15. The molecule has 0 radical (unpaired) electrons. The average Bonchev–Trinajstić information content (AvgIpc) is 2.60. The first-order valence-electron chi connectivity index (χ1n) is 4.71. The molecule has 0 atom stereocenters. The summed E-state index contributed by atoms with van der Waals surface area (Å²) >= 11 is 9.46. The van der Waals surface area contributed by atoms with Crippen LogP contribution < -0.4 is 0 Å². The summed E-state index contributed by atoms with van der Waals surface area (Å²) in [7, 11) is 0. The van der Waals surface area contributed by atoms with Crippen LogP contribution in [0.3, 0.4) is 0 Å². The van der Waals surface area contributed by atoms with Gasteiger partial charge in [0.05, 0.1) is 10.7 Å². The molecule has 2 rings (SSSR count). The first-order chi connectivity index (χ1) is 7.22. The molecule has 1 aromatic heterocycles. The van der Waals surface area contributed by atoms with Crippen LogP contribution in [0.5, 0.6) is 0 Å². The molecule has 0 aliphatic heterocycles. The van der Waals surface area contributed by atoms with Crippen molar-refractivity contribution in [2.45, 2.75) is 13.3 Å². The highest BCUT2D eigenvalue weighted by Gasteiger charge is 2.11. The van der Waals surface area contributed by atoms with Gasteiger partial charge in [-0.2, -0.15) is 0 Å². The van der Waals surface area contributed by atoms with Crippen molar-refractivity contribution in [2.75, 3.05) is 0 Å². The SMILES string of the molecule is CCc1[nH]c(Br)nc1-c1ccccc1Cl.